The van der Waals surface area contributed by atoms with Gasteiger partial charge in [0.25, 0.3) is 17.9 Å². The lowest BCUT2D eigenvalue weighted by atomic mass is 10.00. The van der Waals surface area contributed by atoms with E-state index in [2.05, 4.69) is 20.2 Å². The Bertz CT molecular complexity index is 3000. The van der Waals surface area contributed by atoms with Gasteiger partial charge in [-0.3, -0.25) is 33.0 Å². The molecule has 2 aliphatic carbocycles. The Balaban J connectivity index is 1.33. The maximum absolute atomic E-state index is 15.5. The zero-order chi connectivity index (χ0) is 44.7. The van der Waals surface area contributed by atoms with E-state index in [1.54, 1.807) is 0 Å². The van der Waals surface area contributed by atoms with Gasteiger partial charge in [0.15, 0.2) is 11.6 Å². The summed E-state index contributed by atoms with van der Waals surface area (Å²) in [5.41, 5.74) is -2.55. The minimum atomic E-state index is -3.92. The highest BCUT2D eigenvalue weighted by molar-refractivity contribution is 7.92. The summed E-state index contributed by atoms with van der Waals surface area (Å²) in [5.74, 6) is -9.23. The maximum Gasteiger partial charge on any atom is 0.293 e. The Hall–Kier alpha value is -5.76. The number of carbonyl (C=O) groups is 2. The molecule has 13 nitrogen and oxygen atoms in total. The van der Waals surface area contributed by atoms with Crippen LogP contribution in [0, 0.1) is 23.5 Å². The zero-order valence-corrected chi connectivity index (χ0v) is 34.9. The highest BCUT2D eigenvalue weighted by Crippen LogP contribution is 2.68. The Morgan fingerprint density at radius 1 is 1.03 bits per heavy atom. The molecule has 0 radical (unpaired) electrons. The molecule has 62 heavy (non-hydrogen) atoms. The fourth-order valence-corrected chi connectivity index (χ4v) is 9.05. The number of hydrogen-bond donors (Lipinski definition) is 2. The first-order valence-corrected chi connectivity index (χ1v) is 21.6. The molecule has 1 fully saturated rings. The Labute approximate surface area is 354 Å². The molecule has 2 N–H and O–H groups in total. The highest BCUT2D eigenvalue weighted by Gasteiger charge is 2.67. The number of anilines is 1. The number of carbonyl (C=O) groups excluding carboxylic acids is 2. The lowest BCUT2D eigenvalue weighted by molar-refractivity contribution is -0.123. The SMILES string of the molecule is CC(C)CCC(=O)c1ccc2c(=O)n(-c3ccc(Cl)c4c(NS(C)(=O)=O)nn(C)c34)c([C@H](Cc3cc(F)cc(F)c3)NC(=O)Cn3nc(C(F)F)c4c3C(F)(F)[C@@H]3C[C@H]43)nc2c1. The molecule has 326 valence electrons. The van der Waals surface area contributed by atoms with E-state index in [9.17, 15) is 40.4 Å². The highest BCUT2D eigenvalue weighted by atomic mass is 35.5. The van der Waals surface area contributed by atoms with E-state index in [4.69, 9.17) is 16.6 Å². The second kappa shape index (κ2) is 15.5. The third-order valence-electron chi connectivity index (χ3n) is 11.1. The van der Waals surface area contributed by atoms with Crippen LogP contribution >= 0.6 is 11.6 Å². The number of benzene rings is 3. The smallest absolute Gasteiger partial charge is 0.293 e. The first-order valence-electron chi connectivity index (χ1n) is 19.4. The summed E-state index contributed by atoms with van der Waals surface area (Å²) in [6.07, 6.45) is -2.09. The number of fused-ring (bicyclic) bond motifs is 5. The van der Waals surface area contributed by atoms with Crippen molar-refractivity contribution in [2.45, 2.75) is 70.4 Å². The third-order valence-corrected chi connectivity index (χ3v) is 12.0. The van der Waals surface area contributed by atoms with Gasteiger partial charge in [-0.1, -0.05) is 31.5 Å². The van der Waals surface area contributed by atoms with E-state index in [1.165, 1.54) is 42.1 Å². The number of aryl methyl sites for hydroxylation is 1. The monoisotopic (exact) mass is 902 g/mol. The molecule has 0 aliphatic heterocycles. The number of aromatic nitrogens is 6. The molecular formula is C41H37ClF6N8O5S. The second-order valence-electron chi connectivity index (χ2n) is 16.1. The molecular weight excluding hydrogens is 866 g/mol. The van der Waals surface area contributed by atoms with E-state index in [-0.39, 0.29) is 85.4 Å². The summed E-state index contributed by atoms with van der Waals surface area (Å²) in [6.45, 7) is 2.90. The van der Waals surface area contributed by atoms with Crippen molar-refractivity contribution in [1.29, 1.82) is 0 Å². The molecule has 3 heterocycles. The quantitative estimate of drug-likeness (QED) is 0.0833. The summed E-state index contributed by atoms with van der Waals surface area (Å²) in [4.78, 5) is 47.1. The molecule has 3 aromatic heterocycles. The van der Waals surface area contributed by atoms with E-state index in [0.717, 1.165) is 23.0 Å². The summed E-state index contributed by atoms with van der Waals surface area (Å²) in [5, 5.41) is 10.7. The first kappa shape index (κ1) is 42.9. The number of Topliss-reactive ketones (excluding diaryl/α,β-unsaturated/α-hetero) is 1. The standard InChI is InChI=1S/C41H37ClF6N8O5S/c1-18(2)5-10-30(57)20-6-7-23-27(14-20)50-39(56(40(23)59)29-9-8-26(42)33-35(29)54(3)52-38(33)53-62(4,60)61)28(13-19-11-21(43)15-22(44)12-19)49-31(58)17-55-36-32(34(51-55)37(45)46)24-16-25(24)41(36,47)48/h6-9,11-12,14-15,18,24-25,28,37H,5,10,13,16-17H2,1-4H3,(H,49,58)(H,52,53)/t24-,25+,28-/m0/s1. The molecule has 1 saturated carbocycles. The van der Waals surface area contributed by atoms with Crippen LogP contribution in [0.2, 0.25) is 5.02 Å². The number of nitrogens with zero attached hydrogens (tertiary/aromatic N) is 6. The van der Waals surface area contributed by atoms with E-state index in [1.807, 2.05) is 13.8 Å². The summed E-state index contributed by atoms with van der Waals surface area (Å²) < 4.78 is 119. The predicted octanol–water partition coefficient (Wildman–Crippen LogP) is 7.64. The van der Waals surface area contributed by atoms with Crippen LogP contribution in [0.4, 0.5) is 32.2 Å². The maximum atomic E-state index is 15.5. The van der Waals surface area contributed by atoms with Crippen LogP contribution < -0.4 is 15.6 Å². The van der Waals surface area contributed by atoms with Gasteiger partial charge in [-0.05, 0) is 66.6 Å². The number of hydrogen-bond acceptors (Lipinski definition) is 8. The molecule has 6 aromatic rings. The van der Waals surface area contributed by atoms with Crippen molar-refractivity contribution in [3.63, 3.8) is 0 Å². The lowest BCUT2D eigenvalue weighted by Crippen LogP contribution is -2.38. The van der Waals surface area contributed by atoms with Crippen molar-refractivity contribution in [1.82, 2.24) is 34.4 Å². The number of ketones is 1. The van der Waals surface area contributed by atoms with Crippen molar-refractivity contribution in [2.24, 2.45) is 18.9 Å². The van der Waals surface area contributed by atoms with Gasteiger partial charge in [-0.2, -0.15) is 19.0 Å². The molecule has 0 bridgehead atoms. The van der Waals surface area contributed by atoms with Crippen LogP contribution in [-0.4, -0.2) is 55.5 Å². The number of nitrogens with one attached hydrogen (secondary N) is 2. The van der Waals surface area contributed by atoms with Gasteiger partial charge < -0.3 is 5.32 Å². The average molecular weight is 903 g/mol. The molecule has 21 heteroatoms. The van der Waals surface area contributed by atoms with Crippen LogP contribution in [0.25, 0.3) is 27.5 Å². The summed E-state index contributed by atoms with van der Waals surface area (Å²) >= 11 is 6.61. The minimum absolute atomic E-state index is 0.0116. The van der Waals surface area contributed by atoms with Crippen LogP contribution in [0.5, 0.6) is 0 Å². The van der Waals surface area contributed by atoms with E-state index < -0.39 is 87.7 Å². The minimum Gasteiger partial charge on any atom is -0.344 e. The largest absolute Gasteiger partial charge is 0.344 e. The van der Waals surface area contributed by atoms with Gasteiger partial charge in [-0.15, -0.1) is 0 Å². The second-order valence-corrected chi connectivity index (χ2v) is 18.3. The van der Waals surface area contributed by atoms with Crippen molar-refractivity contribution in [3.05, 3.63) is 109 Å². The van der Waals surface area contributed by atoms with Crippen molar-refractivity contribution >= 4 is 60.9 Å². The molecule has 0 saturated heterocycles. The van der Waals surface area contributed by atoms with Gasteiger partial charge in [-0.25, -0.2) is 31.0 Å². The Morgan fingerprint density at radius 2 is 1.74 bits per heavy atom. The summed E-state index contributed by atoms with van der Waals surface area (Å²) in [6, 6.07) is 7.96. The molecule has 0 unspecified atom stereocenters. The fraction of sp³-hybridized carbons (Fsp3) is 0.366. The van der Waals surface area contributed by atoms with Crippen LogP contribution in [0.3, 0.4) is 0 Å². The van der Waals surface area contributed by atoms with Gasteiger partial charge in [0.1, 0.15) is 35.4 Å². The van der Waals surface area contributed by atoms with Gasteiger partial charge >= 0.3 is 0 Å². The molecule has 3 aromatic carbocycles. The lowest BCUT2D eigenvalue weighted by Gasteiger charge is -2.24. The normalized spacial score (nSPS) is 17.2. The topological polar surface area (TPSA) is 163 Å². The number of sulfonamides is 1. The van der Waals surface area contributed by atoms with Crippen LogP contribution in [-0.2, 0) is 40.8 Å². The average Bonchev–Trinajstić information content (AvgIpc) is 3.71. The molecule has 8 rings (SSSR count). The molecule has 0 spiro atoms. The Morgan fingerprint density at radius 3 is 2.40 bits per heavy atom. The number of rotatable bonds is 14. The van der Waals surface area contributed by atoms with Crippen molar-refractivity contribution < 1.29 is 44.3 Å². The zero-order valence-electron chi connectivity index (χ0n) is 33.3. The van der Waals surface area contributed by atoms with E-state index in [0.29, 0.717) is 17.2 Å². The van der Waals surface area contributed by atoms with Gasteiger partial charge in [0.05, 0.1) is 44.8 Å². The van der Waals surface area contributed by atoms with Crippen molar-refractivity contribution in [3.8, 4) is 5.69 Å². The number of amides is 1. The third kappa shape index (κ3) is 7.82. The summed E-state index contributed by atoms with van der Waals surface area (Å²) in [7, 11) is -2.48. The molecule has 1 amide bonds. The first-order chi connectivity index (χ1) is 29.1. The van der Waals surface area contributed by atoms with Gasteiger partial charge in [0, 0.05) is 43.0 Å². The Kier molecular flexibility index (Phi) is 10.8. The van der Waals surface area contributed by atoms with Crippen LogP contribution in [0.1, 0.15) is 90.2 Å². The predicted molar refractivity (Wildman–Crippen MR) is 216 cm³/mol. The molecule has 2 aliphatic rings. The van der Waals surface area contributed by atoms with E-state index >= 15 is 8.78 Å². The van der Waals surface area contributed by atoms with Gasteiger partial charge in [0.2, 0.25) is 15.9 Å². The fourth-order valence-electron chi connectivity index (χ4n) is 8.32. The number of alkyl halides is 4. The number of halogens is 7. The molecule has 3 atom stereocenters. The van der Waals surface area contributed by atoms with Crippen molar-refractivity contribution in [2.75, 3.05) is 11.0 Å². The van der Waals surface area contributed by atoms with Crippen LogP contribution in [0.15, 0.2) is 53.3 Å².